The Hall–Kier alpha value is -3.30. The summed E-state index contributed by atoms with van der Waals surface area (Å²) in [4.78, 5) is 49.9. The number of benzene rings is 1. The van der Waals surface area contributed by atoms with Gasteiger partial charge in [0, 0.05) is 53.7 Å². The fraction of sp³-hybridized carbons (Fsp3) is 0.433. The highest BCUT2D eigenvalue weighted by Crippen LogP contribution is 2.38. The summed E-state index contributed by atoms with van der Waals surface area (Å²) in [6, 6.07) is 9.37. The summed E-state index contributed by atoms with van der Waals surface area (Å²) < 4.78 is 0. The number of thiazole rings is 1. The van der Waals surface area contributed by atoms with Crippen LogP contribution in [0.1, 0.15) is 57.8 Å². The molecule has 0 bridgehead atoms. The highest BCUT2D eigenvalue weighted by Gasteiger charge is 2.31. The van der Waals surface area contributed by atoms with Crippen LogP contribution in [-0.2, 0) is 14.4 Å². The molecule has 0 spiro atoms. The van der Waals surface area contributed by atoms with Crippen molar-refractivity contribution >= 4 is 51.7 Å². The maximum Gasteiger partial charge on any atom is 0.304 e. The second-order valence-corrected chi connectivity index (χ2v) is 12.0. The van der Waals surface area contributed by atoms with E-state index in [-0.39, 0.29) is 18.2 Å². The van der Waals surface area contributed by atoms with Crippen molar-refractivity contribution in [1.29, 1.82) is 0 Å². The largest absolute Gasteiger partial charge is 0.481 e. The van der Waals surface area contributed by atoms with Crippen molar-refractivity contribution in [3.63, 3.8) is 0 Å². The molecule has 5 rings (SSSR count). The smallest absolute Gasteiger partial charge is 0.304 e. The van der Waals surface area contributed by atoms with Crippen molar-refractivity contribution < 1.29 is 19.5 Å². The number of pyridine rings is 1. The molecule has 1 aliphatic carbocycles. The predicted molar refractivity (Wildman–Crippen MR) is 158 cm³/mol. The Balaban J connectivity index is 1.38. The summed E-state index contributed by atoms with van der Waals surface area (Å²) in [5, 5.41) is 12.4. The molecule has 0 radical (unpaired) electrons. The lowest BCUT2D eigenvalue weighted by atomic mass is 9.90. The number of anilines is 2. The minimum absolute atomic E-state index is 0.0983. The van der Waals surface area contributed by atoms with Crippen LogP contribution in [0.3, 0.4) is 0 Å². The van der Waals surface area contributed by atoms with Crippen LogP contribution in [0.2, 0.25) is 5.02 Å². The van der Waals surface area contributed by atoms with E-state index in [1.807, 2.05) is 35.7 Å². The summed E-state index contributed by atoms with van der Waals surface area (Å²) in [5.74, 6) is -0.604. The molecule has 1 aromatic carbocycles. The van der Waals surface area contributed by atoms with Crippen LogP contribution in [0.4, 0.5) is 10.9 Å². The molecule has 210 valence electrons. The third-order valence-electron chi connectivity index (χ3n) is 7.89. The minimum Gasteiger partial charge on any atom is -0.481 e. The third-order valence-corrected chi connectivity index (χ3v) is 9.04. The molecule has 1 atom stereocenters. The van der Waals surface area contributed by atoms with Crippen molar-refractivity contribution in [2.45, 2.75) is 57.8 Å². The fourth-order valence-electron chi connectivity index (χ4n) is 5.77. The summed E-state index contributed by atoms with van der Waals surface area (Å²) in [6.45, 7) is 0.680. The number of hydrogen-bond donors (Lipinski definition) is 1. The van der Waals surface area contributed by atoms with Gasteiger partial charge in [-0.3, -0.25) is 24.2 Å². The second-order valence-electron chi connectivity index (χ2n) is 10.7. The zero-order chi connectivity index (χ0) is 28.2. The first-order valence-corrected chi connectivity index (χ1v) is 15.1. The Morgan fingerprint density at radius 1 is 1.15 bits per heavy atom. The molecule has 3 aromatic rings. The molecule has 2 amide bonds. The number of aliphatic carboxylic acids is 1. The lowest BCUT2D eigenvalue weighted by Crippen LogP contribution is -2.35. The number of hydrogen-bond acceptors (Lipinski definition) is 6. The molecule has 1 N–H and O–H groups in total. The molecular formula is C30H33ClN4O4S. The number of rotatable bonds is 9. The number of nitrogens with zero attached hydrogens (tertiary/aromatic N) is 4. The molecule has 3 heterocycles. The first kappa shape index (κ1) is 28.2. The van der Waals surface area contributed by atoms with Crippen molar-refractivity contribution in [1.82, 2.24) is 9.97 Å². The summed E-state index contributed by atoms with van der Waals surface area (Å²) in [7, 11) is 1.66. The number of halogens is 1. The molecule has 10 heteroatoms. The first-order valence-electron chi connectivity index (χ1n) is 13.8. The van der Waals surface area contributed by atoms with Crippen molar-refractivity contribution in [2.24, 2.45) is 11.8 Å². The van der Waals surface area contributed by atoms with Crippen LogP contribution in [0.25, 0.3) is 22.4 Å². The molecule has 1 aliphatic heterocycles. The lowest BCUT2D eigenvalue weighted by molar-refractivity contribution is -0.140. The van der Waals surface area contributed by atoms with Crippen molar-refractivity contribution in [2.75, 3.05) is 23.4 Å². The summed E-state index contributed by atoms with van der Waals surface area (Å²) >= 11 is 7.72. The van der Waals surface area contributed by atoms with E-state index in [1.54, 1.807) is 18.1 Å². The molecular weight excluding hydrogens is 548 g/mol. The maximum atomic E-state index is 13.4. The van der Waals surface area contributed by atoms with Gasteiger partial charge in [0.2, 0.25) is 11.8 Å². The van der Waals surface area contributed by atoms with Gasteiger partial charge < -0.3 is 5.11 Å². The molecule has 2 fully saturated rings. The number of carboxylic acids is 1. The Morgan fingerprint density at radius 3 is 2.65 bits per heavy atom. The van der Waals surface area contributed by atoms with Gasteiger partial charge >= 0.3 is 5.97 Å². The number of aromatic nitrogens is 2. The molecule has 40 heavy (non-hydrogen) atoms. The van der Waals surface area contributed by atoms with Gasteiger partial charge in [-0.05, 0) is 55.0 Å². The van der Waals surface area contributed by atoms with Gasteiger partial charge in [0.1, 0.15) is 5.82 Å². The highest BCUT2D eigenvalue weighted by atomic mass is 35.5. The molecule has 2 aromatic heterocycles. The standard InChI is InChI=1S/C30H33ClN4O4S/c1-34(29(39)21(15-28(37)38)14-19-6-2-3-7-19)30-33-25(18-40-30)24-16-22(31)10-11-23(24)20-9-12-26(32-17-20)35-13-5-4-8-27(35)36/h9-12,16-19,21H,2-8,13-15H2,1H3,(H,37,38). The molecule has 2 aliphatic rings. The Bertz CT molecular complexity index is 1390. The van der Waals surface area contributed by atoms with Crippen LogP contribution in [0.5, 0.6) is 0 Å². The Morgan fingerprint density at radius 2 is 1.95 bits per heavy atom. The lowest BCUT2D eigenvalue weighted by Gasteiger charge is -2.25. The van der Waals surface area contributed by atoms with E-state index in [4.69, 9.17) is 16.6 Å². The van der Waals surface area contributed by atoms with E-state index in [9.17, 15) is 19.5 Å². The van der Waals surface area contributed by atoms with E-state index < -0.39 is 11.9 Å². The molecule has 1 saturated carbocycles. The fourth-order valence-corrected chi connectivity index (χ4v) is 6.74. The Labute approximate surface area is 243 Å². The highest BCUT2D eigenvalue weighted by molar-refractivity contribution is 7.14. The van der Waals surface area contributed by atoms with E-state index in [0.717, 1.165) is 55.2 Å². The zero-order valence-electron chi connectivity index (χ0n) is 22.5. The van der Waals surface area contributed by atoms with Gasteiger partial charge in [0.05, 0.1) is 12.1 Å². The van der Waals surface area contributed by atoms with Gasteiger partial charge in [0.15, 0.2) is 5.13 Å². The van der Waals surface area contributed by atoms with Gasteiger partial charge in [-0.2, -0.15) is 0 Å². The summed E-state index contributed by atoms with van der Waals surface area (Å²) in [6.07, 6.45) is 8.99. The zero-order valence-corrected chi connectivity index (χ0v) is 24.1. The SMILES string of the molecule is CN(C(=O)C(CC(=O)O)CC1CCCC1)c1nc(-c2cc(Cl)ccc2-c2ccc(N3CCCCC3=O)nc2)cs1. The van der Waals surface area contributed by atoms with Gasteiger partial charge in [0.25, 0.3) is 0 Å². The van der Waals surface area contributed by atoms with Gasteiger partial charge in [-0.15, -0.1) is 11.3 Å². The second kappa shape index (κ2) is 12.5. The number of amides is 2. The number of carbonyl (C=O) groups excluding carboxylic acids is 2. The molecule has 8 nitrogen and oxygen atoms in total. The maximum absolute atomic E-state index is 13.4. The average Bonchev–Trinajstić information content (AvgIpc) is 3.65. The number of carboxylic acid groups (broad SMARTS) is 1. The number of carbonyl (C=O) groups is 3. The van der Waals surface area contributed by atoms with Crippen LogP contribution < -0.4 is 9.80 Å². The molecule has 1 unspecified atom stereocenters. The van der Waals surface area contributed by atoms with Crippen LogP contribution in [0.15, 0.2) is 41.9 Å². The average molecular weight is 581 g/mol. The van der Waals surface area contributed by atoms with E-state index in [0.29, 0.717) is 47.0 Å². The van der Waals surface area contributed by atoms with E-state index in [1.165, 1.54) is 16.2 Å². The minimum atomic E-state index is -0.961. The third kappa shape index (κ3) is 6.36. The number of piperidine rings is 1. The first-order chi connectivity index (χ1) is 19.3. The van der Waals surface area contributed by atoms with E-state index >= 15 is 0 Å². The topological polar surface area (TPSA) is 104 Å². The normalized spacial score (nSPS) is 16.8. The van der Waals surface area contributed by atoms with Gasteiger partial charge in [-0.25, -0.2) is 9.97 Å². The predicted octanol–water partition coefficient (Wildman–Crippen LogP) is 6.68. The summed E-state index contributed by atoms with van der Waals surface area (Å²) in [5.41, 5.74) is 3.20. The van der Waals surface area contributed by atoms with Crippen molar-refractivity contribution in [3.05, 3.63) is 46.9 Å². The monoisotopic (exact) mass is 580 g/mol. The van der Waals surface area contributed by atoms with Crippen molar-refractivity contribution in [3.8, 4) is 22.4 Å². The molecule has 1 saturated heterocycles. The van der Waals surface area contributed by atoms with Crippen LogP contribution in [0, 0.1) is 11.8 Å². The van der Waals surface area contributed by atoms with Gasteiger partial charge in [-0.1, -0.05) is 43.4 Å². The van der Waals surface area contributed by atoms with Crippen LogP contribution >= 0.6 is 22.9 Å². The van der Waals surface area contributed by atoms with E-state index in [2.05, 4.69) is 4.98 Å². The quantitative estimate of drug-likeness (QED) is 0.303. The van der Waals surface area contributed by atoms with Crippen LogP contribution in [-0.4, -0.2) is 46.5 Å². The Kier molecular flexibility index (Phi) is 8.81.